The number of aromatic nitrogens is 1. The number of aryl methyl sites for hydroxylation is 1. The maximum Gasteiger partial charge on any atom is 0.395 e. The highest BCUT2D eigenvalue weighted by Crippen LogP contribution is 2.65. The van der Waals surface area contributed by atoms with E-state index in [0.29, 0.717) is 17.0 Å². The molecule has 0 saturated heterocycles. The van der Waals surface area contributed by atoms with Crippen LogP contribution in [0.25, 0.3) is 0 Å². The lowest BCUT2D eigenvalue weighted by atomic mass is 9.82. The molecule has 36 heavy (non-hydrogen) atoms. The summed E-state index contributed by atoms with van der Waals surface area (Å²) in [5, 5.41) is 5.76. The van der Waals surface area contributed by atoms with E-state index in [0.717, 1.165) is 11.1 Å². The van der Waals surface area contributed by atoms with E-state index in [4.69, 9.17) is 11.6 Å². The number of carbonyl (C=O) groups excluding carboxylic acids is 2. The Hall–Kier alpha value is -2.65. The number of hydrogen-bond acceptors (Lipinski definition) is 4. The van der Waals surface area contributed by atoms with Crippen molar-refractivity contribution >= 4 is 23.4 Å². The Morgan fingerprint density at radius 1 is 1.19 bits per heavy atom. The highest BCUT2D eigenvalue weighted by atomic mass is 35.5. The van der Waals surface area contributed by atoms with Crippen molar-refractivity contribution in [2.75, 3.05) is 27.7 Å². The number of carbonyl (C=O) groups is 2. The van der Waals surface area contributed by atoms with Gasteiger partial charge in [0.05, 0.1) is 10.4 Å². The van der Waals surface area contributed by atoms with E-state index in [2.05, 4.69) is 15.6 Å². The molecule has 196 valence electrons. The van der Waals surface area contributed by atoms with Crippen molar-refractivity contribution in [3.8, 4) is 0 Å². The molecule has 1 aliphatic rings. The van der Waals surface area contributed by atoms with E-state index in [1.807, 2.05) is 38.1 Å². The summed E-state index contributed by atoms with van der Waals surface area (Å²) in [4.78, 5) is 30.9. The molecule has 2 N–H and O–H groups in total. The average Bonchev–Trinajstić information content (AvgIpc) is 3.63. The lowest BCUT2D eigenvalue weighted by Crippen LogP contribution is -2.43. The van der Waals surface area contributed by atoms with Crippen molar-refractivity contribution in [1.29, 1.82) is 0 Å². The first-order chi connectivity index (χ1) is 16.9. The molecule has 1 unspecified atom stereocenters. The fraction of sp³-hybridized carbons (Fsp3) is 0.500. The molecule has 6 nitrogen and oxygen atoms in total. The Bertz CT molecular complexity index is 1090. The number of nitrogens with one attached hydrogen (secondary N) is 2. The average molecular weight is 525 g/mol. The van der Waals surface area contributed by atoms with Crippen molar-refractivity contribution in [3.05, 3.63) is 63.9 Å². The summed E-state index contributed by atoms with van der Waals surface area (Å²) in [7, 11) is 5.34. The van der Waals surface area contributed by atoms with Crippen LogP contribution in [0.2, 0.25) is 5.02 Å². The Balaban J connectivity index is 1.70. The number of amides is 2. The second-order valence-electron chi connectivity index (χ2n) is 9.66. The molecule has 3 rings (SSSR count). The van der Waals surface area contributed by atoms with E-state index >= 15 is 0 Å². The summed E-state index contributed by atoms with van der Waals surface area (Å²) in [6.45, 7) is 2.19. The largest absolute Gasteiger partial charge is 0.395 e. The molecule has 1 fully saturated rings. The molecule has 1 heterocycles. The van der Waals surface area contributed by atoms with Gasteiger partial charge in [-0.15, -0.1) is 0 Å². The van der Waals surface area contributed by atoms with Crippen LogP contribution in [0.15, 0.2) is 36.5 Å². The van der Waals surface area contributed by atoms with Gasteiger partial charge in [0, 0.05) is 49.4 Å². The van der Waals surface area contributed by atoms with Gasteiger partial charge in [-0.25, -0.2) is 0 Å². The molecule has 2 atom stereocenters. The Labute approximate surface area is 214 Å². The first-order valence-corrected chi connectivity index (χ1v) is 12.2. The highest BCUT2D eigenvalue weighted by Gasteiger charge is 2.67. The summed E-state index contributed by atoms with van der Waals surface area (Å²) >= 11 is 5.88. The molecule has 0 aliphatic heterocycles. The molecular formula is C26H32ClF3N4O2. The predicted molar refractivity (Wildman–Crippen MR) is 133 cm³/mol. The third-order valence-electron chi connectivity index (χ3n) is 7.07. The first kappa shape index (κ1) is 27.9. The van der Waals surface area contributed by atoms with E-state index in [1.165, 1.54) is 18.3 Å². The van der Waals surface area contributed by atoms with Crippen molar-refractivity contribution in [2.24, 2.45) is 5.41 Å². The van der Waals surface area contributed by atoms with Crippen molar-refractivity contribution < 1.29 is 22.8 Å². The van der Waals surface area contributed by atoms with Gasteiger partial charge in [-0.05, 0) is 75.7 Å². The van der Waals surface area contributed by atoms with Crippen LogP contribution in [0.3, 0.4) is 0 Å². The van der Waals surface area contributed by atoms with Gasteiger partial charge in [0.15, 0.2) is 0 Å². The van der Waals surface area contributed by atoms with E-state index in [1.54, 1.807) is 13.1 Å². The van der Waals surface area contributed by atoms with Gasteiger partial charge in [0.2, 0.25) is 5.91 Å². The van der Waals surface area contributed by atoms with Gasteiger partial charge in [0.1, 0.15) is 0 Å². The zero-order valence-electron chi connectivity index (χ0n) is 20.9. The third kappa shape index (κ3) is 6.37. The molecule has 1 saturated carbocycles. The van der Waals surface area contributed by atoms with Crippen molar-refractivity contribution in [3.63, 3.8) is 0 Å². The molecule has 10 heteroatoms. The number of rotatable bonds is 10. The van der Waals surface area contributed by atoms with Crippen LogP contribution in [-0.4, -0.2) is 61.6 Å². The fourth-order valence-electron chi connectivity index (χ4n) is 4.53. The second-order valence-corrected chi connectivity index (χ2v) is 10.1. The summed E-state index contributed by atoms with van der Waals surface area (Å²) < 4.78 is 41.8. The van der Waals surface area contributed by atoms with Gasteiger partial charge in [-0.2, -0.15) is 13.2 Å². The zero-order valence-corrected chi connectivity index (χ0v) is 21.6. The fourth-order valence-corrected chi connectivity index (χ4v) is 4.64. The summed E-state index contributed by atoms with van der Waals surface area (Å²) in [6, 6.07) is 8.34. The topological polar surface area (TPSA) is 74.3 Å². The zero-order chi connectivity index (χ0) is 26.7. The maximum absolute atomic E-state index is 13.9. The highest BCUT2D eigenvalue weighted by molar-refractivity contribution is 6.30. The number of likely N-dealkylation sites (N-methyl/N-ethyl adjacent to an activating group) is 1. The van der Waals surface area contributed by atoms with E-state index in [9.17, 15) is 22.8 Å². The minimum Gasteiger partial charge on any atom is -0.355 e. The van der Waals surface area contributed by atoms with Crippen LogP contribution in [-0.2, 0) is 11.2 Å². The molecule has 0 radical (unpaired) electrons. The lowest BCUT2D eigenvalue weighted by molar-refractivity contribution is -0.195. The monoisotopic (exact) mass is 524 g/mol. The second kappa shape index (κ2) is 11.2. The quantitative estimate of drug-likeness (QED) is 0.480. The van der Waals surface area contributed by atoms with Crippen LogP contribution in [0, 0.1) is 12.3 Å². The molecule has 0 spiro atoms. The third-order valence-corrected chi connectivity index (χ3v) is 7.29. The Morgan fingerprint density at radius 2 is 1.89 bits per heavy atom. The van der Waals surface area contributed by atoms with E-state index in [-0.39, 0.29) is 43.5 Å². The lowest BCUT2D eigenvalue weighted by Gasteiger charge is -2.29. The minimum atomic E-state index is -4.43. The van der Waals surface area contributed by atoms with Gasteiger partial charge < -0.3 is 15.5 Å². The van der Waals surface area contributed by atoms with Crippen molar-refractivity contribution in [2.45, 2.75) is 50.7 Å². The number of hydrogen-bond donors (Lipinski definition) is 2. The van der Waals surface area contributed by atoms with Gasteiger partial charge in [-0.1, -0.05) is 17.7 Å². The van der Waals surface area contributed by atoms with Crippen LogP contribution in [0.1, 0.15) is 52.4 Å². The molecule has 1 aliphatic carbocycles. The normalized spacial score (nSPS) is 16.4. The predicted octanol–water partition coefficient (Wildman–Crippen LogP) is 4.51. The summed E-state index contributed by atoms with van der Waals surface area (Å²) in [5.41, 5.74) is 0.821. The SMILES string of the molecule is CNC(=O)c1ccc(C[C@@H](CNC(=O)CC(c2ccc(Cl)cn2)C2(C(F)(F)F)CC2)N(C)C)c(C)c1. The standard InChI is InChI=1S/C26H32ClF3N4O2/c1-16-11-18(24(36)31-2)6-5-17(16)12-20(34(3)4)15-33-23(35)13-21(22-8-7-19(27)14-32-22)25(9-10-25)26(28,29)30/h5-8,11,14,20-21H,9-10,12-13,15H2,1-4H3,(H,31,36)(H,33,35)/t20-,21?/m0/s1. The molecule has 1 aromatic carbocycles. The molecule has 2 aromatic rings. The van der Waals surface area contributed by atoms with Crippen LogP contribution < -0.4 is 10.6 Å². The summed E-state index contributed by atoms with van der Waals surface area (Å²) in [6.07, 6.45) is -2.87. The molecule has 1 aromatic heterocycles. The number of halogens is 4. The molecule has 2 amide bonds. The Morgan fingerprint density at radius 3 is 2.39 bits per heavy atom. The number of alkyl halides is 3. The van der Waals surface area contributed by atoms with Gasteiger partial charge in [0.25, 0.3) is 5.91 Å². The Kier molecular flexibility index (Phi) is 8.67. The number of benzene rings is 1. The number of nitrogens with zero attached hydrogens (tertiary/aromatic N) is 2. The minimum absolute atomic E-state index is 0.0234. The van der Waals surface area contributed by atoms with Gasteiger partial charge >= 0.3 is 6.18 Å². The van der Waals surface area contributed by atoms with Crippen LogP contribution in [0.4, 0.5) is 13.2 Å². The summed E-state index contributed by atoms with van der Waals surface area (Å²) in [5.74, 6) is -1.70. The smallest absolute Gasteiger partial charge is 0.355 e. The van der Waals surface area contributed by atoms with E-state index < -0.39 is 23.4 Å². The first-order valence-electron chi connectivity index (χ1n) is 11.8. The van der Waals surface area contributed by atoms with Crippen LogP contribution in [0.5, 0.6) is 0 Å². The van der Waals surface area contributed by atoms with Crippen LogP contribution >= 0.6 is 11.6 Å². The van der Waals surface area contributed by atoms with Gasteiger partial charge in [-0.3, -0.25) is 14.6 Å². The molecule has 0 bridgehead atoms. The van der Waals surface area contributed by atoms with Crippen molar-refractivity contribution in [1.82, 2.24) is 20.5 Å². The molecular weight excluding hydrogens is 493 g/mol. The maximum atomic E-state index is 13.9. The number of pyridine rings is 1.